The Kier molecular flexibility index (Phi) is 19.4. The van der Waals surface area contributed by atoms with Gasteiger partial charge in [0.05, 0.1) is 47.3 Å². The molecule has 0 bridgehead atoms. The Balaban J connectivity index is 0.00000113. The van der Waals surface area contributed by atoms with Crippen molar-refractivity contribution in [2.45, 2.75) is 33.1 Å². The standard InChI is InChI=1S/C21H24O9.C8H12O4.CH4/c1-4-25-7-10-28-19(22)16-13-17(20(23)29-11-8-26-5-2)15-18(14-16)21(24)30-12-9-27-6-3;9-7(10)5-3-1-2-4-6(5)8(11)12;/h4-6,13-15H,1-3,7-12H2;5-6H,1-4H2,(H,9,10)(H,11,12);1H4. The molecule has 1 saturated carbocycles. The van der Waals surface area contributed by atoms with Crippen molar-refractivity contribution in [3.8, 4) is 0 Å². The molecule has 0 amide bonds. The minimum atomic E-state index is -0.970. The van der Waals surface area contributed by atoms with E-state index in [1.54, 1.807) is 0 Å². The summed E-state index contributed by atoms with van der Waals surface area (Å²) in [7, 11) is 0. The first-order valence-corrected chi connectivity index (χ1v) is 13.0. The van der Waals surface area contributed by atoms with Crippen molar-refractivity contribution in [2.24, 2.45) is 11.8 Å². The molecule has 13 nitrogen and oxygen atoms in total. The largest absolute Gasteiger partial charge is 0.498 e. The zero-order chi connectivity index (χ0) is 31.3. The SMILES string of the molecule is C.C=COCCOC(=O)c1cc(C(=O)OCCOC=C)cc(C(=O)OCCOC=C)c1.O=C(O)C1CCCCC1C(=O)O. The van der Waals surface area contributed by atoms with Crippen molar-refractivity contribution in [2.75, 3.05) is 39.6 Å². The first-order valence-electron chi connectivity index (χ1n) is 13.0. The summed E-state index contributed by atoms with van der Waals surface area (Å²) in [6.45, 7) is 10.3. The molecule has 0 saturated heterocycles. The minimum absolute atomic E-state index is 0. The molecule has 1 aliphatic rings. The Morgan fingerprint density at radius 2 is 0.884 bits per heavy atom. The minimum Gasteiger partial charge on any atom is -0.498 e. The molecule has 13 heteroatoms. The van der Waals surface area contributed by atoms with Gasteiger partial charge in [-0.25, -0.2) is 14.4 Å². The summed E-state index contributed by atoms with van der Waals surface area (Å²) in [5, 5.41) is 17.4. The maximum atomic E-state index is 12.3. The van der Waals surface area contributed by atoms with Crippen LogP contribution in [0, 0.1) is 11.8 Å². The van der Waals surface area contributed by atoms with Gasteiger partial charge in [0, 0.05) is 0 Å². The number of esters is 3. The van der Waals surface area contributed by atoms with Crippen LogP contribution in [0.1, 0.15) is 64.2 Å². The highest BCUT2D eigenvalue weighted by atomic mass is 16.6. The Morgan fingerprint density at radius 3 is 1.12 bits per heavy atom. The van der Waals surface area contributed by atoms with Crippen LogP contribution in [0.15, 0.2) is 56.7 Å². The van der Waals surface area contributed by atoms with E-state index in [-0.39, 0.29) is 63.8 Å². The van der Waals surface area contributed by atoms with Crippen LogP contribution in [-0.4, -0.2) is 79.7 Å². The Hall–Kier alpha value is -4.81. The van der Waals surface area contributed by atoms with Gasteiger partial charge in [-0.3, -0.25) is 9.59 Å². The normalized spacial score (nSPS) is 15.0. The number of benzene rings is 1. The molecule has 0 radical (unpaired) electrons. The number of carboxylic acids is 2. The topological polar surface area (TPSA) is 181 Å². The second-order valence-corrected chi connectivity index (χ2v) is 8.49. The maximum absolute atomic E-state index is 12.3. The molecule has 0 aromatic heterocycles. The smallest absolute Gasteiger partial charge is 0.338 e. The molecule has 2 atom stereocenters. The van der Waals surface area contributed by atoms with Crippen LogP contribution in [-0.2, 0) is 38.0 Å². The lowest BCUT2D eigenvalue weighted by Crippen LogP contribution is -2.32. The van der Waals surface area contributed by atoms with E-state index in [0.29, 0.717) is 12.8 Å². The summed E-state index contributed by atoms with van der Waals surface area (Å²) < 4.78 is 29.8. The predicted molar refractivity (Wildman–Crippen MR) is 153 cm³/mol. The average Bonchev–Trinajstić information content (AvgIpc) is 2.99. The van der Waals surface area contributed by atoms with Crippen molar-refractivity contribution >= 4 is 29.8 Å². The summed E-state index contributed by atoms with van der Waals surface area (Å²) in [6, 6.07) is 3.76. The Labute approximate surface area is 250 Å². The molecule has 1 aromatic carbocycles. The lowest BCUT2D eigenvalue weighted by atomic mass is 9.79. The van der Waals surface area contributed by atoms with Crippen molar-refractivity contribution in [3.63, 3.8) is 0 Å². The van der Waals surface area contributed by atoms with Gasteiger partial charge < -0.3 is 38.6 Å². The highest BCUT2D eigenvalue weighted by molar-refractivity contribution is 6.00. The summed E-state index contributed by atoms with van der Waals surface area (Å²) in [6.07, 6.45) is 6.32. The number of hydrogen-bond donors (Lipinski definition) is 2. The fraction of sp³-hybridized carbons (Fsp3) is 0.433. The second-order valence-electron chi connectivity index (χ2n) is 8.49. The van der Waals surface area contributed by atoms with E-state index in [1.807, 2.05) is 0 Å². The van der Waals surface area contributed by atoms with Crippen LogP contribution >= 0.6 is 0 Å². The third-order valence-corrected chi connectivity index (χ3v) is 5.70. The van der Waals surface area contributed by atoms with Crippen LogP contribution in [0.2, 0.25) is 0 Å². The maximum Gasteiger partial charge on any atom is 0.338 e. The first kappa shape index (κ1) is 38.2. The molecule has 2 N–H and O–H groups in total. The molecular formula is C30H40O13. The lowest BCUT2D eigenvalue weighted by molar-refractivity contribution is -0.155. The number of hydrogen-bond acceptors (Lipinski definition) is 11. The Morgan fingerprint density at radius 1 is 0.605 bits per heavy atom. The average molecular weight is 609 g/mol. The molecule has 0 heterocycles. The number of rotatable bonds is 17. The zero-order valence-corrected chi connectivity index (χ0v) is 23.2. The van der Waals surface area contributed by atoms with Crippen molar-refractivity contribution in [1.29, 1.82) is 0 Å². The monoisotopic (exact) mass is 608 g/mol. The first-order chi connectivity index (χ1) is 20.2. The third kappa shape index (κ3) is 14.6. The van der Waals surface area contributed by atoms with E-state index in [0.717, 1.165) is 12.8 Å². The van der Waals surface area contributed by atoms with E-state index in [4.69, 9.17) is 38.6 Å². The molecule has 238 valence electrons. The quantitative estimate of drug-likeness (QED) is 0.111. The molecular weight excluding hydrogens is 568 g/mol. The fourth-order valence-corrected chi connectivity index (χ4v) is 3.75. The summed E-state index contributed by atoms with van der Waals surface area (Å²) >= 11 is 0. The molecule has 1 aliphatic carbocycles. The number of carbonyl (C=O) groups is 5. The van der Waals surface area contributed by atoms with Gasteiger partial charge in [0.1, 0.15) is 39.6 Å². The van der Waals surface area contributed by atoms with Gasteiger partial charge in [-0.2, -0.15) is 0 Å². The van der Waals surface area contributed by atoms with E-state index in [9.17, 15) is 24.0 Å². The summed E-state index contributed by atoms with van der Waals surface area (Å²) in [5.74, 6) is -5.54. The van der Waals surface area contributed by atoms with Crippen LogP contribution in [0.25, 0.3) is 0 Å². The number of ether oxygens (including phenoxy) is 6. The molecule has 43 heavy (non-hydrogen) atoms. The molecule has 1 aromatic rings. The summed E-state index contributed by atoms with van der Waals surface area (Å²) in [4.78, 5) is 58.1. The van der Waals surface area contributed by atoms with Crippen molar-refractivity contribution in [3.05, 3.63) is 73.4 Å². The van der Waals surface area contributed by atoms with Gasteiger partial charge in [0.25, 0.3) is 0 Å². The highest BCUT2D eigenvalue weighted by Crippen LogP contribution is 2.30. The molecule has 2 rings (SSSR count). The van der Waals surface area contributed by atoms with Gasteiger partial charge in [0.2, 0.25) is 0 Å². The van der Waals surface area contributed by atoms with Crippen molar-refractivity contribution in [1.82, 2.24) is 0 Å². The third-order valence-electron chi connectivity index (χ3n) is 5.70. The van der Waals surface area contributed by atoms with E-state index in [2.05, 4.69) is 19.7 Å². The summed E-state index contributed by atoms with van der Waals surface area (Å²) in [5.41, 5.74) is -0.0842. The second kappa shape index (κ2) is 21.9. The Bertz CT molecular complexity index is 961. The van der Waals surface area contributed by atoms with Gasteiger partial charge >= 0.3 is 29.8 Å². The van der Waals surface area contributed by atoms with Gasteiger partial charge in [-0.15, -0.1) is 0 Å². The zero-order valence-electron chi connectivity index (χ0n) is 23.2. The van der Waals surface area contributed by atoms with Crippen LogP contribution in [0.3, 0.4) is 0 Å². The molecule has 1 fully saturated rings. The number of carbonyl (C=O) groups excluding carboxylic acids is 3. The van der Waals surface area contributed by atoms with Crippen molar-refractivity contribution < 1.29 is 62.6 Å². The highest BCUT2D eigenvalue weighted by Gasteiger charge is 2.35. The van der Waals surface area contributed by atoms with Crippen LogP contribution < -0.4 is 0 Å². The van der Waals surface area contributed by atoms with E-state index in [1.165, 1.54) is 37.0 Å². The lowest BCUT2D eigenvalue weighted by Gasteiger charge is -2.24. The van der Waals surface area contributed by atoms with Gasteiger partial charge in [-0.1, -0.05) is 40.0 Å². The fourth-order valence-electron chi connectivity index (χ4n) is 3.75. The van der Waals surface area contributed by atoms with Gasteiger partial charge in [0.15, 0.2) is 0 Å². The number of aliphatic carboxylic acids is 2. The predicted octanol–water partition coefficient (Wildman–Crippen LogP) is 4.24. The molecule has 0 aliphatic heterocycles. The molecule has 2 unspecified atom stereocenters. The molecule has 0 spiro atoms. The van der Waals surface area contributed by atoms with E-state index < -0.39 is 41.7 Å². The van der Waals surface area contributed by atoms with Crippen LogP contribution in [0.4, 0.5) is 0 Å². The van der Waals surface area contributed by atoms with E-state index >= 15 is 0 Å². The van der Waals surface area contributed by atoms with Crippen LogP contribution in [0.5, 0.6) is 0 Å². The number of carboxylic acid groups (broad SMARTS) is 2. The van der Waals surface area contributed by atoms with Gasteiger partial charge in [-0.05, 0) is 31.0 Å².